The van der Waals surface area contributed by atoms with Crippen LogP contribution in [0.2, 0.25) is 0 Å². The third-order valence-electron chi connectivity index (χ3n) is 3.00. The third-order valence-corrected chi connectivity index (χ3v) is 3.50. The molecule has 88 valence electrons. The number of nitrogens with one attached hydrogen (secondary N) is 1. The summed E-state index contributed by atoms with van der Waals surface area (Å²) in [4.78, 5) is 0. The molecule has 1 aliphatic heterocycles. The Labute approximate surface area is 102 Å². The van der Waals surface area contributed by atoms with Crippen LogP contribution in [0.1, 0.15) is 24.6 Å². The maximum atomic E-state index is 14.2. The molecule has 16 heavy (non-hydrogen) atoms. The van der Waals surface area contributed by atoms with Crippen LogP contribution in [-0.2, 0) is 0 Å². The minimum absolute atomic E-state index is 0.113. The fraction of sp³-hybridized carbons (Fsp3) is 0.500. The molecule has 0 bridgehead atoms. The van der Waals surface area contributed by atoms with Crippen LogP contribution in [0.4, 0.5) is 8.78 Å². The van der Waals surface area contributed by atoms with Crippen LogP contribution in [0, 0.1) is 11.7 Å². The van der Waals surface area contributed by atoms with Crippen molar-refractivity contribution >= 4 is 15.9 Å². The molecule has 1 heterocycles. The molecule has 2 unspecified atom stereocenters. The Bertz CT molecular complexity index is 364. The summed E-state index contributed by atoms with van der Waals surface area (Å²) in [6, 6.07) is 4.43. The molecule has 1 fully saturated rings. The molecule has 1 saturated heterocycles. The van der Waals surface area contributed by atoms with E-state index in [1.165, 1.54) is 12.1 Å². The van der Waals surface area contributed by atoms with Crippen molar-refractivity contribution in [2.75, 3.05) is 13.1 Å². The second-order valence-corrected chi connectivity index (χ2v) is 5.09. The van der Waals surface area contributed by atoms with Crippen molar-refractivity contribution in [3.63, 3.8) is 0 Å². The van der Waals surface area contributed by atoms with Gasteiger partial charge in [-0.05, 0) is 37.6 Å². The van der Waals surface area contributed by atoms with Crippen molar-refractivity contribution in [2.24, 2.45) is 5.92 Å². The molecule has 0 aliphatic carbocycles. The smallest absolute Gasteiger partial charge is 0.132 e. The highest BCUT2D eigenvalue weighted by atomic mass is 79.9. The van der Waals surface area contributed by atoms with Gasteiger partial charge in [0, 0.05) is 22.5 Å². The highest BCUT2D eigenvalue weighted by Crippen LogP contribution is 2.33. The zero-order valence-electron chi connectivity index (χ0n) is 8.85. The minimum atomic E-state index is -1.22. The fourth-order valence-corrected chi connectivity index (χ4v) is 2.49. The number of hydrogen-bond acceptors (Lipinski definition) is 1. The molecule has 0 saturated carbocycles. The van der Waals surface area contributed by atoms with E-state index in [0.717, 1.165) is 23.9 Å². The molecule has 1 aliphatic rings. The molecule has 1 N–H and O–H groups in total. The Kier molecular flexibility index (Phi) is 3.92. The van der Waals surface area contributed by atoms with E-state index >= 15 is 0 Å². The lowest BCUT2D eigenvalue weighted by Crippen LogP contribution is -2.32. The Balaban J connectivity index is 2.18. The number of benzene rings is 1. The summed E-state index contributed by atoms with van der Waals surface area (Å²) in [7, 11) is 0. The van der Waals surface area contributed by atoms with Crippen molar-refractivity contribution in [3.05, 3.63) is 34.1 Å². The van der Waals surface area contributed by atoms with E-state index in [1.54, 1.807) is 6.07 Å². The first-order valence-electron chi connectivity index (χ1n) is 5.48. The molecular weight excluding hydrogens is 276 g/mol. The molecule has 1 aromatic carbocycles. The number of hydrogen-bond donors (Lipinski definition) is 1. The molecular formula is C12H14BrF2N. The second kappa shape index (κ2) is 5.23. The second-order valence-electron chi connectivity index (χ2n) is 4.17. The molecule has 1 aromatic rings. The zero-order valence-corrected chi connectivity index (χ0v) is 10.4. The van der Waals surface area contributed by atoms with Gasteiger partial charge in [0.05, 0.1) is 0 Å². The van der Waals surface area contributed by atoms with Crippen LogP contribution < -0.4 is 5.32 Å². The summed E-state index contributed by atoms with van der Waals surface area (Å²) in [5, 5.41) is 3.15. The molecule has 4 heteroatoms. The Hall–Kier alpha value is -0.480. The van der Waals surface area contributed by atoms with Crippen molar-refractivity contribution in [2.45, 2.75) is 19.0 Å². The van der Waals surface area contributed by atoms with Gasteiger partial charge >= 0.3 is 0 Å². The highest BCUT2D eigenvalue weighted by molar-refractivity contribution is 9.10. The Morgan fingerprint density at radius 3 is 2.94 bits per heavy atom. The average molecular weight is 290 g/mol. The third kappa shape index (κ3) is 2.61. The maximum Gasteiger partial charge on any atom is 0.132 e. The lowest BCUT2D eigenvalue weighted by Gasteiger charge is -2.26. The molecule has 2 rings (SSSR count). The van der Waals surface area contributed by atoms with Crippen LogP contribution in [0.5, 0.6) is 0 Å². The van der Waals surface area contributed by atoms with Gasteiger partial charge in [0.2, 0.25) is 0 Å². The molecule has 0 aromatic heterocycles. The summed E-state index contributed by atoms with van der Waals surface area (Å²) in [6.45, 7) is 1.57. The highest BCUT2D eigenvalue weighted by Gasteiger charge is 2.26. The number of piperidine rings is 1. The van der Waals surface area contributed by atoms with E-state index in [4.69, 9.17) is 0 Å². The molecule has 1 nitrogen and oxygen atoms in total. The van der Waals surface area contributed by atoms with E-state index in [0.29, 0.717) is 6.54 Å². The van der Waals surface area contributed by atoms with E-state index in [9.17, 15) is 8.78 Å². The minimum Gasteiger partial charge on any atom is -0.316 e. The SMILES string of the molecule is Fc1ccc(Br)cc1C(F)C1CCCNC1. The average Bonchev–Trinajstić information content (AvgIpc) is 2.32. The molecule has 0 amide bonds. The summed E-state index contributed by atoms with van der Waals surface area (Å²) in [6.07, 6.45) is 0.561. The van der Waals surface area contributed by atoms with Crippen molar-refractivity contribution in [3.8, 4) is 0 Å². The van der Waals surface area contributed by atoms with Gasteiger partial charge in [0.15, 0.2) is 0 Å². The van der Waals surface area contributed by atoms with Crippen LogP contribution >= 0.6 is 15.9 Å². The lowest BCUT2D eigenvalue weighted by atomic mass is 9.90. The van der Waals surface area contributed by atoms with Crippen molar-refractivity contribution in [1.82, 2.24) is 5.32 Å². The number of halogens is 3. The van der Waals surface area contributed by atoms with Crippen LogP contribution in [-0.4, -0.2) is 13.1 Å². The van der Waals surface area contributed by atoms with Gasteiger partial charge in [-0.25, -0.2) is 8.78 Å². The van der Waals surface area contributed by atoms with E-state index in [2.05, 4.69) is 21.2 Å². The predicted molar refractivity (Wildman–Crippen MR) is 63.5 cm³/mol. The fourth-order valence-electron chi connectivity index (χ4n) is 2.11. The van der Waals surface area contributed by atoms with E-state index < -0.39 is 12.0 Å². The van der Waals surface area contributed by atoms with Crippen LogP contribution in [0.3, 0.4) is 0 Å². The van der Waals surface area contributed by atoms with Gasteiger partial charge in [-0.3, -0.25) is 0 Å². The largest absolute Gasteiger partial charge is 0.316 e. The van der Waals surface area contributed by atoms with Gasteiger partial charge in [-0.1, -0.05) is 15.9 Å². The van der Waals surface area contributed by atoms with Gasteiger partial charge in [0.25, 0.3) is 0 Å². The lowest BCUT2D eigenvalue weighted by molar-refractivity contribution is 0.190. The van der Waals surface area contributed by atoms with Gasteiger partial charge < -0.3 is 5.32 Å². The first-order chi connectivity index (χ1) is 7.68. The molecule has 0 spiro atoms. The first-order valence-corrected chi connectivity index (χ1v) is 6.27. The van der Waals surface area contributed by atoms with Gasteiger partial charge in [-0.2, -0.15) is 0 Å². The standard InChI is InChI=1S/C12H14BrF2N/c13-9-3-4-11(14)10(6-9)12(15)8-2-1-5-16-7-8/h3-4,6,8,12,16H,1-2,5,7H2. The topological polar surface area (TPSA) is 12.0 Å². The molecule has 0 radical (unpaired) electrons. The predicted octanol–water partition coefficient (Wildman–Crippen LogP) is 3.60. The normalized spacial score (nSPS) is 23.1. The summed E-state index contributed by atoms with van der Waals surface area (Å²) < 4.78 is 28.4. The van der Waals surface area contributed by atoms with Crippen molar-refractivity contribution in [1.29, 1.82) is 0 Å². The van der Waals surface area contributed by atoms with Crippen molar-refractivity contribution < 1.29 is 8.78 Å². The number of rotatable bonds is 2. The van der Waals surface area contributed by atoms with Crippen LogP contribution in [0.15, 0.2) is 22.7 Å². The van der Waals surface area contributed by atoms with E-state index in [1.807, 2.05) is 0 Å². The number of alkyl halides is 1. The zero-order chi connectivity index (χ0) is 11.5. The van der Waals surface area contributed by atoms with Gasteiger partial charge in [-0.15, -0.1) is 0 Å². The quantitative estimate of drug-likeness (QED) is 0.877. The Morgan fingerprint density at radius 2 is 2.25 bits per heavy atom. The summed E-state index contributed by atoms with van der Waals surface area (Å²) in [5.41, 5.74) is 0.170. The van der Waals surface area contributed by atoms with Crippen LogP contribution in [0.25, 0.3) is 0 Å². The summed E-state index contributed by atoms with van der Waals surface area (Å²) >= 11 is 3.24. The Morgan fingerprint density at radius 1 is 1.44 bits per heavy atom. The maximum absolute atomic E-state index is 14.2. The van der Waals surface area contributed by atoms with Gasteiger partial charge in [0.1, 0.15) is 12.0 Å². The first kappa shape index (κ1) is 12.0. The monoisotopic (exact) mass is 289 g/mol. The summed E-state index contributed by atoms with van der Waals surface area (Å²) in [5.74, 6) is -0.571. The molecule has 2 atom stereocenters. The van der Waals surface area contributed by atoms with E-state index in [-0.39, 0.29) is 11.5 Å².